The van der Waals surface area contributed by atoms with Crippen LogP contribution in [-0.2, 0) is 17.8 Å². The highest BCUT2D eigenvalue weighted by Gasteiger charge is 2.30. The summed E-state index contributed by atoms with van der Waals surface area (Å²) in [7, 11) is 1.52. The van der Waals surface area contributed by atoms with Gasteiger partial charge in [-0.15, -0.1) is 0 Å². The molecular formula is C30H38N6O5. The average Bonchev–Trinajstić information content (AvgIpc) is 3.26. The molecule has 0 bridgehead atoms. The molecule has 4 rings (SSSR count). The molecular weight excluding hydrogens is 524 g/mol. The van der Waals surface area contributed by atoms with Crippen molar-refractivity contribution >= 4 is 23.7 Å². The minimum Gasteiger partial charge on any atom is -0.496 e. The van der Waals surface area contributed by atoms with Crippen LogP contribution in [0.15, 0.2) is 48.5 Å². The van der Waals surface area contributed by atoms with Gasteiger partial charge in [-0.25, -0.2) is 4.79 Å². The number of nitrogens with two attached hydrogens (primary N) is 2. The monoisotopic (exact) mass is 562 g/mol. The molecule has 2 aromatic carbocycles. The fraction of sp³-hybridized carbons (Fsp3) is 0.400. The molecule has 3 amide bonds. The van der Waals surface area contributed by atoms with E-state index in [0.29, 0.717) is 48.7 Å². The van der Waals surface area contributed by atoms with Crippen molar-refractivity contribution in [3.8, 4) is 17.0 Å². The van der Waals surface area contributed by atoms with Crippen LogP contribution in [0.4, 0.5) is 10.6 Å². The molecule has 0 unspecified atom stereocenters. The largest absolute Gasteiger partial charge is 0.496 e. The second-order valence-corrected chi connectivity index (χ2v) is 11.2. The molecule has 5 N–H and O–H groups in total. The highest BCUT2D eigenvalue weighted by Crippen LogP contribution is 2.30. The standard InChI is InChI=1S/C30H38N6O5/c1-30(2,3)41-29(39)35-15-7-8-20(17-35)18-36-25(24(27(32)37)26(31)34-36)21-13-11-19(12-14-21)16-33-28(38)22-9-5-6-10-23(22)40-4/h5-6,9-14,20H,7-8,15-18H2,1-4H3,(H2,31,34)(H2,32,37)(H,33,38)/t20-/m1/s1. The van der Waals surface area contributed by atoms with Crippen LogP contribution in [0.25, 0.3) is 11.3 Å². The van der Waals surface area contributed by atoms with Gasteiger partial charge in [0, 0.05) is 31.7 Å². The SMILES string of the molecule is COc1ccccc1C(=O)NCc1ccc(-c2c(C(N)=O)c(N)nn2C[C@@H]2CCCN(C(=O)OC(C)(C)C)C2)cc1. The van der Waals surface area contributed by atoms with E-state index in [2.05, 4.69) is 10.4 Å². The average molecular weight is 563 g/mol. The lowest BCUT2D eigenvalue weighted by atomic mass is 9.97. The topological polar surface area (TPSA) is 155 Å². The molecule has 11 heteroatoms. The van der Waals surface area contributed by atoms with E-state index < -0.39 is 11.5 Å². The molecule has 2 heterocycles. The minimum absolute atomic E-state index is 0.0560. The van der Waals surface area contributed by atoms with Crippen LogP contribution in [0.1, 0.15) is 59.9 Å². The summed E-state index contributed by atoms with van der Waals surface area (Å²) >= 11 is 0. The zero-order chi connectivity index (χ0) is 29.7. The number of hydrogen-bond acceptors (Lipinski definition) is 7. The van der Waals surface area contributed by atoms with Crippen LogP contribution in [-0.4, -0.2) is 58.4 Å². The lowest BCUT2D eigenvalue weighted by molar-refractivity contribution is 0.0155. The van der Waals surface area contributed by atoms with E-state index in [-0.39, 0.29) is 29.3 Å². The third-order valence-electron chi connectivity index (χ3n) is 6.86. The number of benzene rings is 2. The maximum Gasteiger partial charge on any atom is 0.410 e. The summed E-state index contributed by atoms with van der Waals surface area (Å²) in [4.78, 5) is 39.4. The predicted octanol–water partition coefficient (Wildman–Crippen LogP) is 3.82. The van der Waals surface area contributed by atoms with E-state index in [4.69, 9.17) is 20.9 Å². The van der Waals surface area contributed by atoms with Crippen molar-refractivity contribution < 1.29 is 23.9 Å². The van der Waals surface area contributed by atoms with Crippen molar-refractivity contribution in [3.63, 3.8) is 0 Å². The number of anilines is 1. The number of piperidine rings is 1. The Balaban J connectivity index is 1.50. The lowest BCUT2D eigenvalue weighted by Gasteiger charge is -2.34. The van der Waals surface area contributed by atoms with E-state index in [1.807, 2.05) is 45.0 Å². The highest BCUT2D eigenvalue weighted by molar-refractivity contribution is 6.03. The zero-order valence-electron chi connectivity index (χ0n) is 24.0. The Morgan fingerprint density at radius 3 is 2.46 bits per heavy atom. The van der Waals surface area contributed by atoms with Gasteiger partial charge in [-0.3, -0.25) is 14.3 Å². The zero-order valence-corrected chi connectivity index (χ0v) is 24.0. The maximum absolute atomic E-state index is 12.7. The van der Waals surface area contributed by atoms with Crippen molar-refractivity contribution in [2.75, 3.05) is 25.9 Å². The number of carbonyl (C=O) groups excluding carboxylic acids is 3. The Kier molecular flexibility index (Phi) is 8.85. The molecule has 1 aliphatic rings. The second kappa shape index (κ2) is 12.3. The number of nitrogen functional groups attached to an aromatic ring is 1. The molecule has 1 aromatic heterocycles. The normalized spacial score (nSPS) is 15.3. The summed E-state index contributed by atoms with van der Waals surface area (Å²) in [6.07, 6.45) is 1.37. The number of nitrogens with zero attached hydrogens (tertiary/aromatic N) is 3. The van der Waals surface area contributed by atoms with Gasteiger partial charge in [0.05, 0.1) is 18.4 Å². The van der Waals surface area contributed by atoms with Crippen LogP contribution in [0.5, 0.6) is 5.75 Å². The smallest absolute Gasteiger partial charge is 0.410 e. The molecule has 0 radical (unpaired) electrons. The molecule has 0 saturated carbocycles. The molecule has 218 valence electrons. The molecule has 1 atom stereocenters. The Bertz CT molecular complexity index is 1410. The summed E-state index contributed by atoms with van der Waals surface area (Å²) in [6.45, 7) is 7.40. The number of methoxy groups -OCH3 is 1. The number of para-hydroxylation sites is 1. The summed E-state index contributed by atoms with van der Waals surface area (Å²) in [5.41, 5.74) is 14.0. The first-order chi connectivity index (χ1) is 19.5. The van der Waals surface area contributed by atoms with Crippen LogP contribution in [0.3, 0.4) is 0 Å². The molecule has 1 saturated heterocycles. The molecule has 11 nitrogen and oxygen atoms in total. The lowest BCUT2D eigenvalue weighted by Crippen LogP contribution is -2.43. The van der Waals surface area contributed by atoms with Gasteiger partial charge < -0.3 is 31.2 Å². The van der Waals surface area contributed by atoms with E-state index in [1.54, 1.807) is 33.8 Å². The van der Waals surface area contributed by atoms with Gasteiger partial charge in [0.25, 0.3) is 11.8 Å². The molecule has 0 aliphatic carbocycles. The van der Waals surface area contributed by atoms with Gasteiger partial charge in [0.1, 0.15) is 16.9 Å². The number of aromatic nitrogens is 2. The van der Waals surface area contributed by atoms with Crippen LogP contribution < -0.4 is 21.5 Å². The number of hydrogen-bond donors (Lipinski definition) is 3. The molecule has 3 aromatic rings. The van der Waals surface area contributed by atoms with Gasteiger partial charge in [-0.2, -0.15) is 5.10 Å². The van der Waals surface area contributed by atoms with Crippen molar-refractivity contribution in [2.45, 2.75) is 52.3 Å². The first kappa shape index (κ1) is 29.4. The first-order valence-electron chi connectivity index (χ1n) is 13.6. The van der Waals surface area contributed by atoms with Gasteiger partial charge in [-0.1, -0.05) is 36.4 Å². The van der Waals surface area contributed by atoms with Crippen molar-refractivity contribution in [2.24, 2.45) is 11.7 Å². The van der Waals surface area contributed by atoms with Crippen molar-refractivity contribution in [1.29, 1.82) is 0 Å². The van der Waals surface area contributed by atoms with Crippen LogP contribution >= 0.6 is 0 Å². The number of likely N-dealkylation sites (tertiary alicyclic amines) is 1. The Labute approximate surface area is 239 Å². The molecule has 1 aliphatic heterocycles. The molecule has 1 fully saturated rings. The van der Waals surface area contributed by atoms with Gasteiger partial charge in [-0.05, 0) is 57.2 Å². The predicted molar refractivity (Wildman–Crippen MR) is 155 cm³/mol. The number of amides is 3. The van der Waals surface area contributed by atoms with Crippen LogP contribution in [0, 0.1) is 5.92 Å². The van der Waals surface area contributed by atoms with E-state index >= 15 is 0 Å². The summed E-state index contributed by atoms with van der Waals surface area (Å²) < 4.78 is 12.5. The highest BCUT2D eigenvalue weighted by atomic mass is 16.6. The van der Waals surface area contributed by atoms with Gasteiger partial charge in [0.15, 0.2) is 5.82 Å². The number of nitrogens with one attached hydrogen (secondary N) is 1. The Hall–Kier alpha value is -4.54. The number of primary amides is 1. The second-order valence-electron chi connectivity index (χ2n) is 11.2. The van der Waals surface area contributed by atoms with E-state index in [1.165, 1.54) is 7.11 Å². The molecule has 41 heavy (non-hydrogen) atoms. The first-order valence-corrected chi connectivity index (χ1v) is 13.6. The van der Waals surface area contributed by atoms with E-state index in [0.717, 1.165) is 18.4 Å². The number of carbonyl (C=O) groups is 3. The minimum atomic E-state index is -0.670. The summed E-state index contributed by atoms with van der Waals surface area (Å²) in [5.74, 6) is -0.283. The van der Waals surface area contributed by atoms with Crippen molar-refractivity contribution in [1.82, 2.24) is 20.0 Å². The van der Waals surface area contributed by atoms with Crippen molar-refractivity contribution in [3.05, 3.63) is 65.2 Å². The Morgan fingerprint density at radius 2 is 1.80 bits per heavy atom. The Morgan fingerprint density at radius 1 is 1.10 bits per heavy atom. The quantitative estimate of drug-likeness (QED) is 0.377. The number of ether oxygens (including phenoxy) is 2. The maximum atomic E-state index is 12.7. The third-order valence-corrected chi connectivity index (χ3v) is 6.86. The van der Waals surface area contributed by atoms with Gasteiger partial charge in [0.2, 0.25) is 0 Å². The molecule has 0 spiro atoms. The third kappa shape index (κ3) is 7.16. The summed E-state index contributed by atoms with van der Waals surface area (Å²) in [5, 5.41) is 7.36. The summed E-state index contributed by atoms with van der Waals surface area (Å²) in [6, 6.07) is 14.4. The van der Waals surface area contributed by atoms with Crippen LogP contribution in [0.2, 0.25) is 0 Å². The fourth-order valence-electron chi connectivity index (χ4n) is 4.99. The van der Waals surface area contributed by atoms with E-state index in [9.17, 15) is 14.4 Å². The fourth-order valence-corrected chi connectivity index (χ4v) is 4.99. The number of rotatable bonds is 8. The van der Waals surface area contributed by atoms with Gasteiger partial charge >= 0.3 is 6.09 Å².